The molecule has 0 radical (unpaired) electrons. The third-order valence-corrected chi connectivity index (χ3v) is 7.22. The van der Waals surface area contributed by atoms with Crippen LogP contribution in [0.1, 0.15) is 10.4 Å². The predicted octanol–water partition coefficient (Wildman–Crippen LogP) is 5.13. The Bertz CT molecular complexity index is 1200. The van der Waals surface area contributed by atoms with Crippen LogP contribution in [0.15, 0.2) is 65.6 Å². The van der Waals surface area contributed by atoms with E-state index in [4.69, 9.17) is 4.98 Å². The maximum atomic E-state index is 13.0. The second-order valence-electron chi connectivity index (χ2n) is 7.17. The molecule has 1 aromatic heterocycles. The first kappa shape index (κ1) is 18.5. The fourth-order valence-corrected chi connectivity index (χ4v) is 5.33. The zero-order chi connectivity index (χ0) is 19.8. The molecule has 1 fully saturated rings. The third-order valence-electron chi connectivity index (χ3n) is 5.42. The number of thiazole rings is 1. The summed E-state index contributed by atoms with van der Waals surface area (Å²) in [6.07, 6.45) is 2.09. The van der Waals surface area contributed by atoms with Crippen LogP contribution in [-0.2, 0) is 0 Å². The summed E-state index contributed by atoms with van der Waals surface area (Å²) in [4.78, 5) is 23.3. The van der Waals surface area contributed by atoms with Crippen molar-refractivity contribution < 1.29 is 4.79 Å². The summed E-state index contributed by atoms with van der Waals surface area (Å²) in [7, 11) is 0. The van der Waals surface area contributed by atoms with Gasteiger partial charge < -0.3 is 9.80 Å². The first-order valence-electron chi connectivity index (χ1n) is 9.69. The van der Waals surface area contributed by atoms with E-state index < -0.39 is 0 Å². The van der Waals surface area contributed by atoms with Gasteiger partial charge >= 0.3 is 0 Å². The standard InChI is InChI=1S/C23H21N3OS2/c1-28-19-8-9-20-21(15-19)29-23(24-20)26-12-10-25(11-13-26)22(27)18-7-6-16-4-2-3-5-17(16)14-18/h2-9,14-15H,10-13H2,1H3. The monoisotopic (exact) mass is 419 g/mol. The molecule has 1 amide bonds. The normalized spacial score (nSPS) is 14.7. The Labute approximate surface area is 178 Å². The molecular formula is C23H21N3OS2. The van der Waals surface area contributed by atoms with Crippen LogP contribution in [0.3, 0.4) is 0 Å². The molecule has 0 unspecified atom stereocenters. The van der Waals surface area contributed by atoms with Gasteiger partial charge in [0.05, 0.1) is 10.2 Å². The van der Waals surface area contributed by atoms with Crippen molar-refractivity contribution in [2.75, 3.05) is 37.3 Å². The Hall–Kier alpha value is -2.57. The molecule has 29 heavy (non-hydrogen) atoms. The van der Waals surface area contributed by atoms with E-state index in [1.54, 1.807) is 23.1 Å². The van der Waals surface area contributed by atoms with Gasteiger partial charge in [-0.25, -0.2) is 4.98 Å². The first-order chi connectivity index (χ1) is 14.2. The lowest BCUT2D eigenvalue weighted by Gasteiger charge is -2.34. The highest BCUT2D eigenvalue weighted by atomic mass is 32.2. The van der Waals surface area contributed by atoms with Crippen LogP contribution in [0, 0.1) is 0 Å². The summed E-state index contributed by atoms with van der Waals surface area (Å²) in [5.41, 5.74) is 1.82. The SMILES string of the molecule is CSc1ccc2nc(N3CCN(C(=O)c4ccc5ccccc5c4)CC3)sc2c1. The maximum Gasteiger partial charge on any atom is 0.253 e. The average molecular weight is 420 g/mol. The fraction of sp³-hybridized carbons (Fsp3) is 0.217. The fourth-order valence-electron chi connectivity index (χ4n) is 3.76. The van der Waals surface area contributed by atoms with E-state index in [0.717, 1.165) is 53.2 Å². The molecule has 2 heterocycles. The molecule has 4 nitrogen and oxygen atoms in total. The van der Waals surface area contributed by atoms with Gasteiger partial charge in [0.2, 0.25) is 0 Å². The average Bonchev–Trinajstić information content (AvgIpc) is 3.21. The number of nitrogens with zero attached hydrogens (tertiary/aromatic N) is 3. The summed E-state index contributed by atoms with van der Waals surface area (Å²) in [6, 6.07) is 20.6. The number of carbonyl (C=O) groups excluding carboxylic acids is 1. The van der Waals surface area contributed by atoms with Crippen LogP contribution in [0.5, 0.6) is 0 Å². The minimum atomic E-state index is 0.115. The van der Waals surface area contributed by atoms with Crippen molar-refractivity contribution in [2.24, 2.45) is 0 Å². The summed E-state index contributed by atoms with van der Waals surface area (Å²) in [5.74, 6) is 0.115. The number of hydrogen-bond acceptors (Lipinski definition) is 5. The molecule has 0 N–H and O–H groups in total. The summed E-state index contributed by atoms with van der Waals surface area (Å²) >= 11 is 3.49. The van der Waals surface area contributed by atoms with Gasteiger partial charge in [-0.1, -0.05) is 41.7 Å². The summed E-state index contributed by atoms with van der Waals surface area (Å²) in [6.45, 7) is 3.07. The van der Waals surface area contributed by atoms with E-state index in [1.165, 1.54) is 9.60 Å². The van der Waals surface area contributed by atoms with Gasteiger partial charge in [-0.2, -0.15) is 0 Å². The van der Waals surface area contributed by atoms with E-state index in [9.17, 15) is 4.79 Å². The topological polar surface area (TPSA) is 36.4 Å². The van der Waals surface area contributed by atoms with Crippen LogP contribution in [0.4, 0.5) is 5.13 Å². The van der Waals surface area contributed by atoms with Gasteiger partial charge in [-0.3, -0.25) is 4.79 Å². The highest BCUT2D eigenvalue weighted by Crippen LogP contribution is 2.32. The van der Waals surface area contributed by atoms with E-state index in [-0.39, 0.29) is 5.91 Å². The van der Waals surface area contributed by atoms with Crippen LogP contribution in [0.25, 0.3) is 21.0 Å². The third kappa shape index (κ3) is 3.58. The number of fused-ring (bicyclic) bond motifs is 2. The molecule has 0 bridgehead atoms. The van der Waals surface area contributed by atoms with Gasteiger partial charge in [-0.15, -0.1) is 11.8 Å². The molecule has 6 heteroatoms. The molecular weight excluding hydrogens is 398 g/mol. The number of thioether (sulfide) groups is 1. The Balaban J connectivity index is 1.30. The molecule has 1 saturated heterocycles. The lowest BCUT2D eigenvalue weighted by atomic mass is 10.1. The predicted molar refractivity (Wildman–Crippen MR) is 123 cm³/mol. The smallest absolute Gasteiger partial charge is 0.253 e. The summed E-state index contributed by atoms with van der Waals surface area (Å²) in [5, 5.41) is 3.32. The van der Waals surface area contributed by atoms with Crippen LogP contribution >= 0.6 is 23.1 Å². The second kappa shape index (κ2) is 7.69. The molecule has 0 atom stereocenters. The Morgan fingerprint density at radius 2 is 1.76 bits per heavy atom. The molecule has 4 aromatic rings. The van der Waals surface area contributed by atoms with Gasteiger partial charge in [0.1, 0.15) is 0 Å². The van der Waals surface area contributed by atoms with Gasteiger partial charge in [0.25, 0.3) is 5.91 Å². The highest BCUT2D eigenvalue weighted by molar-refractivity contribution is 7.98. The molecule has 1 aliphatic heterocycles. The van der Waals surface area contributed by atoms with Crippen molar-refractivity contribution in [1.29, 1.82) is 0 Å². The van der Waals surface area contributed by atoms with E-state index >= 15 is 0 Å². The largest absolute Gasteiger partial charge is 0.345 e. The minimum absolute atomic E-state index is 0.115. The Morgan fingerprint density at radius 1 is 0.966 bits per heavy atom. The molecule has 1 aliphatic rings. The van der Waals surface area contributed by atoms with Crippen LogP contribution in [-0.4, -0.2) is 48.2 Å². The number of aromatic nitrogens is 1. The van der Waals surface area contributed by atoms with E-state index in [2.05, 4.69) is 41.5 Å². The number of hydrogen-bond donors (Lipinski definition) is 0. The number of rotatable bonds is 3. The minimum Gasteiger partial charge on any atom is -0.345 e. The second-order valence-corrected chi connectivity index (χ2v) is 9.06. The van der Waals surface area contributed by atoms with E-state index in [0.29, 0.717) is 0 Å². The van der Waals surface area contributed by atoms with Crippen LogP contribution in [0.2, 0.25) is 0 Å². The van der Waals surface area contributed by atoms with Crippen molar-refractivity contribution in [1.82, 2.24) is 9.88 Å². The molecule has 0 saturated carbocycles. The highest BCUT2D eigenvalue weighted by Gasteiger charge is 2.24. The molecule has 3 aromatic carbocycles. The van der Waals surface area contributed by atoms with E-state index in [1.807, 2.05) is 35.2 Å². The van der Waals surface area contributed by atoms with Crippen molar-refractivity contribution >= 4 is 55.1 Å². The van der Waals surface area contributed by atoms with Crippen molar-refractivity contribution in [3.63, 3.8) is 0 Å². The lowest BCUT2D eigenvalue weighted by Crippen LogP contribution is -2.48. The van der Waals surface area contributed by atoms with Gasteiger partial charge in [-0.05, 0) is 47.4 Å². The molecule has 146 valence electrons. The quantitative estimate of drug-likeness (QED) is 0.431. The van der Waals surface area contributed by atoms with Gasteiger partial charge in [0, 0.05) is 36.6 Å². The first-order valence-corrected chi connectivity index (χ1v) is 11.7. The Kier molecular flexibility index (Phi) is 4.89. The number of benzene rings is 3. The molecule has 0 spiro atoms. The zero-order valence-electron chi connectivity index (χ0n) is 16.2. The number of amides is 1. The molecule has 0 aliphatic carbocycles. The molecule has 5 rings (SSSR count). The lowest BCUT2D eigenvalue weighted by molar-refractivity contribution is 0.0747. The Morgan fingerprint density at radius 3 is 2.55 bits per heavy atom. The zero-order valence-corrected chi connectivity index (χ0v) is 17.8. The van der Waals surface area contributed by atoms with Gasteiger partial charge in [0.15, 0.2) is 5.13 Å². The number of piperazine rings is 1. The summed E-state index contributed by atoms with van der Waals surface area (Å²) < 4.78 is 1.22. The van der Waals surface area contributed by atoms with Crippen molar-refractivity contribution in [2.45, 2.75) is 4.90 Å². The van der Waals surface area contributed by atoms with Crippen molar-refractivity contribution in [3.05, 3.63) is 66.2 Å². The maximum absolute atomic E-state index is 13.0. The van der Waals surface area contributed by atoms with Crippen molar-refractivity contribution in [3.8, 4) is 0 Å². The number of anilines is 1. The van der Waals surface area contributed by atoms with Crippen LogP contribution < -0.4 is 4.90 Å². The number of carbonyl (C=O) groups is 1.